The van der Waals surface area contributed by atoms with Crippen LogP contribution in [0.3, 0.4) is 0 Å². The fourth-order valence-corrected chi connectivity index (χ4v) is 3.79. The van der Waals surface area contributed by atoms with Gasteiger partial charge < -0.3 is 19.7 Å². The van der Waals surface area contributed by atoms with Crippen LogP contribution in [0, 0.1) is 21.4 Å². The lowest BCUT2D eigenvalue weighted by Gasteiger charge is -2.21. The number of non-ortho nitro benzene ring substituents is 1. The van der Waals surface area contributed by atoms with Crippen LogP contribution in [-0.4, -0.2) is 43.3 Å². The number of hydrogen-bond donors (Lipinski definition) is 1. The molecule has 0 saturated carbocycles. The number of methoxy groups -OCH3 is 2. The molecule has 1 aliphatic rings. The van der Waals surface area contributed by atoms with Crippen LogP contribution in [0.2, 0.25) is 0 Å². The first-order chi connectivity index (χ1) is 15.0. The van der Waals surface area contributed by atoms with Crippen molar-refractivity contribution in [2.75, 3.05) is 37.5 Å². The number of pyridine rings is 1. The number of nitro groups is 1. The molecule has 9 nitrogen and oxygen atoms in total. The second-order valence-corrected chi connectivity index (χ2v) is 7.27. The zero-order chi connectivity index (χ0) is 22.0. The SMILES string of the molecule is COc1cc(OC)cc(N2CCC(Nc3cc(C#N)c4cc([N+](=O)[O-])ccc4n3)C2)c1. The molecule has 9 heteroatoms. The molecule has 4 rings (SSSR count). The van der Waals surface area contributed by atoms with Crippen molar-refractivity contribution in [3.05, 3.63) is 58.1 Å². The number of nitrogens with zero attached hydrogens (tertiary/aromatic N) is 4. The van der Waals surface area contributed by atoms with E-state index in [0.29, 0.717) is 22.3 Å². The molecule has 0 amide bonds. The summed E-state index contributed by atoms with van der Waals surface area (Å²) < 4.78 is 10.7. The van der Waals surface area contributed by atoms with E-state index in [4.69, 9.17) is 9.47 Å². The molecule has 1 saturated heterocycles. The van der Waals surface area contributed by atoms with Crippen LogP contribution in [-0.2, 0) is 0 Å². The van der Waals surface area contributed by atoms with E-state index in [1.165, 1.54) is 12.1 Å². The largest absolute Gasteiger partial charge is 0.497 e. The minimum atomic E-state index is -0.479. The number of aromatic nitrogens is 1. The summed E-state index contributed by atoms with van der Waals surface area (Å²) in [5.74, 6) is 2.04. The van der Waals surface area contributed by atoms with Crippen molar-refractivity contribution >= 4 is 28.1 Å². The van der Waals surface area contributed by atoms with Gasteiger partial charge in [-0.1, -0.05) is 0 Å². The molecule has 31 heavy (non-hydrogen) atoms. The molecule has 158 valence electrons. The summed E-state index contributed by atoms with van der Waals surface area (Å²) in [5, 5.41) is 24.4. The lowest BCUT2D eigenvalue weighted by molar-refractivity contribution is -0.384. The van der Waals surface area contributed by atoms with Gasteiger partial charge in [-0.05, 0) is 18.6 Å². The third-order valence-electron chi connectivity index (χ3n) is 5.37. The Balaban J connectivity index is 1.55. The highest BCUT2D eigenvalue weighted by atomic mass is 16.6. The van der Waals surface area contributed by atoms with Crippen molar-refractivity contribution in [2.24, 2.45) is 0 Å². The highest BCUT2D eigenvalue weighted by molar-refractivity contribution is 5.88. The van der Waals surface area contributed by atoms with Gasteiger partial charge in [-0.3, -0.25) is 10.1 Å². The summed E-state index contributed by atoms with van der Waals surface area (Å²) in [7, 11) is 3.25. The van der Waals surface area contributed by atoms with E-state index >= 15 is 0 Å². The quantitative estimate of drug-likeness (QED) is 0.475. The lowest BCUT2D eigenvalue weighted by Crippen LogP contribution is -2.26. The summed E-state index contributed by atoms with van der Waals surface area (Å²) in [6, 6.07) is 14.0. The third kappa shape index (κ3) is 4.14. The molecule has 1 aromatic heterocycles. The van der Waals surface area contributed by atoms with Crippen molar-refractivity contribution in [2.45, 2.75) is 12.5 Å². The van der Waals surface area contributed by atoms with Gasteiger partial charge in [-0.25, -0.2) is 4.98 Å². The van der Waals surface area contributed by atoms with Gasteiger partial charge in [0, 0.05) is 60.5 Å². The zero-order valence-electron chi connectivity index (χ0n) is 17.2. The fourth-order valence-electron chi connectivity index (χ4n) is 3.79. The molecule has 0 bridgehead atoms. The Kier molecular flexibility index (Phi) is 5.45. The second kappa shape index (κ2) is 8.36. The Morgan fingerprint density at radius 3 is 2.58 bits per heavy atom. The topological polar surface area (TPSA) is 114 Å². The van der Waals surface area contributed by atoms with Gasteiger partial charge >= 0.3 is 0 Å². The normalized spacial score (nSPS) is 15.5. The number of anilines is 2. The van der Waals surface area contributed by atoms with E-state index in [1.807, 2.05) is 18.2 Å². The summed E-state index contributed by atoms with van der Waals surface area (Å²) in [6.07, 6.45) is 0.890. The molecule has 1 N–H and O–H groups in total. The van der Waals surface area contributed by atoms with Gasteiger partial charge in [0.2, 0.25) is 0 Å². The Bertz CT molecular complexity index is 1170. The van der Waals surface area contributed by atoms with Crippen LogP contribution >= 0.6 is 0 Å². The third-order valence-corrected chi connectivity index (χ3v) is 5.37. The molecule has 1 fully saturated rings. The predicted octanol–water partition coefficient (Wildman–Crippen LogP) is 3.72. The first-order valence-corrected chi connectivity index (χ1v) is 9.74. The molecular formula is C22H21N5O4. The number of benzene rings is 2. The van der Waals surface area contributed by atoms with E-state index in [9.17, 15) is 15.4 Å². The van der Waals surface area contributed by atoms with Crippen molar-refractivity contribution in [3.8, 4) is 17.6 Å². The van der Waals surface area contributed by atoms with Crippen LogP contribution in [0.4, 0.5) is 17.2 Å². The number of hydrogen-bond acceptors (Lipinski definition) is 8. The summed E-state index contributed by atoms with van der Waals surface area (Å²) in [6.45, 7) is 1.59. The smallest absolute Gasteiger partial charge is 0.270 e. The van der Waals surface area contributed by atoms with Gasteiger partial charge in [0.1, 0.15) is 17.3 Å². The number of nitriles is 1. The standard InChI is InChI=1S/C22H21N5O4/c1-30-18-8-17(9-19(11-18)31-2)26-6-5-15(13-26)24-22-7-14(12-23)20-10-16(27(28)29)3-4-21(20)25-22/h3-4,7-11,15H,5-6,13H2,1-2H3,(H,24,25). The molecule has 1 aliphatic heterocycles. The molecular weight excluding hydrogens is 398 g/mol. The molecule has 3 aromatic rings. The van der Waals surface area contributed by atoms with Gasteiger partial charge in [0.25, 0.3) is 5.69 Å². The van der Waals surface area contributed by atoms with E-state index in [2.05, 4.69) is 21.3 Å². The highest BCUT2D eigenvalue weighted by Crippen LogP contribution is 2.31. The van der Waals surface area contributed by atoms with Crippen LogP contribution < -0.4 is 19.7 Å². The van der Waals surface area contributed by atoms with Crippen molar-refractivity contribution in [3.63, 3.8) is 0 Å². The van der Waals surface area contributed by atoms with E-state index in [-0.39, 0.29) is 11.7 Å². The Hall–Kier alpha value is -4.06. The number of nitrogens with one attached hydrogen (secondary N) is 1. The molecule has 2 heterocycles. The number of rotatable bonds is 6. The predicted molar refractivity (Wildman–Crippen MR) is 117 cm³/mol. The molecule has 0 spiro atoms. The Morgan fingerprint density at radius 1 is 1.19 bits per heavy atom. The average molecular weight is 419 g/mol. The van der Waals surface area contributed by atoms with Crippen LogP contribution in [0.5, 0.6) is 11.5 Å². The van der Waals surface area contributed by atoms with Crippen LogP contribution in [0.25, 0.3) is 10.9 Å². The maximum atomic E-state index is 11.0. The second-order valence-electron chi connectivity index (χ2n) is 7.27. The summed E-state index contributed by atoms with van der Waals surface area (Å²) >= 11 is 0. The van der Waals surface area contributed by atoms with E-state index < -0.39 is 4.92 Å². The lowest BCUT2D eigenvalue weighted by atomic mass is 10.1. The molecule has 0 radical (unpaired) electrons. The molecule has 2 aromatic carbocycles. The number of ether oxygens (including phenoxy) is 2. The molecule has 1 unspecified atom stereocenters. The highest BCUT2D eigenvalue weighted by Gasteiger charge is 2.24. The van der Waals surface area contributed by atoms with Crippen molar-refractivity contribution < 1.29 is 14.4 Å². The van der Waals surface area contributed by atoms with Gasteiger partial charge in [-0.2, -0.15) is 5.26 Å². The summed E-state index contributed by atoms with van der Waals surface area (Å²) in [5.41, 5.74) is 1.84. The van der Waals surface area contributed by atoms with Gasteiger partial charge in [-0.15, -0.1) is 0 Å². The van der Waals surface area contributed by atoms with Gasteiger partial charge in [0.15, 0.2) is 0 Å². The van der Waals surface area contributed by atoms with Gasteiger partial charge in [0.05, 0.1) is 36.3 Å². The van der Waals surface area contributed by atoms with Crippen molar-refractivity contribution in [1.29, 1.82) is 5.26 Å². The maximum absolute atomic E-state index is 11.0. The minimum absolute atomic E-state index is 0.0633. The first kappa shape index (κ1) is 20.2. The number of nitro benzene ring substituents is 1. The monoisotopic (exact) mass is 419 g/mol. The van der Waals surface area contributed by atoms with E-state index in [0.717, 1.165) is 36.7 Å². The maximum Gasteiger partial charge on any atom is 0.270 e. The van der Waals surface area contributed by atoms with Crippen LogP contribution in [0.15, 0.2) is 42.5 Å². The molecule has 0 aliphatic carbocycles. The number of fused-ring (bicyclic) bond motifs is 1. The van der Waals surface area contributed by atoms with E-state index in [1.54, 1.807) is 26.4 Å². The fraction of sp³-hybridized carbons (Fsp3) is 0.273. The zero-order valence-corrected chi connectivity index (χ0v) is 17.2. The first-order valence-electron chi connectivity index (χ1n) is 9.74. The Morgan fingerprint density at radius 2 is 1.94 bits per heavy atom. The molecule has 1 atom stereocenters. The average Bonchev–Trinajstić information content (AvgIpc) is 3.26. The minimum Gasteiger partial charge on any atom is -0.497 e. The van der Waals surface area contributed by atoms with Crippen LogP contribution in [0.1, 0.15) is 12.0 Å². The van der Waals surface area contributed by atoms with Crippen molar-refractivity contribution in [1.82, 2.24) is 4.98 Å². The summed E-state index contributed by atoms with van der Waals surface area (Å²) in [4.78, 5) is 17.4. The Labute approximate surface area is 179 Å².